The SMILES string of the molecule is CC(CN1CC(=O)N(Cc2ccc(Cl)cc2)c2ccc(C#Cc3ccc(C(=N)N)cc3)cc2C1=O)C(=O)O. The maximum Gasteiger partial charge on any atom is 0.308 e. The molecule has 9 heteroatoms. The Balaban J connectivity index is 1.72. The first-order valence-electron chi connectivity index (χ1n) is 11.8. The number of amidine groups is 1. The minimum absolute atomic E-state index is 0.0340. The molecule has 0 radical (unpaired) electrons. The maximum absolute atomic E-state index is 13.6. The van der Waals surface area contributed by atoms with Gasteiger partial charge in [-0.05, 0) is 48.0 Å². The first-order chi connectivity index (χ1) is 18.1. The van der Waals surface area contributed by atoms with E-state index in [4.69, 9.17) is 22.7 Å². The molecule has 2 amide bonds. The number of nitrogens with zero attached hydrogens (tertiary/aromatic N) is 2. The lowest BCUT2D eigenvalue weighted by Crippen LogP contribution is -2.42. The van der Waals surface area contributed by atoms with E-state index in [9.17, 15) is 19.5 Å². The minimum Gasteiger partial charge on any atom is -0.481 e. The van der Waals surface area contributed by atoms with E-state index in [2.05, 4.69) is 11.8 Å². The number of carboxylic acids is 1. The predicted octanol–water partition coefficient (Wildman–Crippen LogP) is 3.73. The summed E-state index contributed by atoms with van der Waals surface area (Å²) >= 11 is 6.01. The van der Waals surface area contributed by atoms with Crippen LogP contribution in [-0.2, 0) is 16.1 Å². The molecule has 0 aromatic heterocycles. The van der Waals surface area contributed by atoms with Gasteiger partial charge in [-0.2, -0.15) is 0 Å². The van der Waals surface area contributed by atoms with Crippen LogP contribution in [0.1, 0.15) is 39.5 Å². The van der Waals surface area contributed by atoms with Gasteiger partial charge in [0.1, 0.15) is 12.4 Å². The quantitative estimate of drug-likeness (QED) is 0.255. The Morgan fingerprint density at radius 1 is 1.05 bits per heavy atom. The summed E-state index contributed by atoms with van der Waals surface area (Å²) in [5, 5.41) is 17.5. The van der Waals surface area contributed by atoms with E-state index in [1.807, 2.05) is 12.1 Å². The van der Waals surface area contributed by atoms with Crippen molar-refractivity contribution in [1.29, 1.82) is 5.41 Å². The summed E-state index contributed by atoms with van der Waals surface area (Å²) in [5.41, 5.74) is 8.86. The lowest BCUT2D eigenvalue weighted by molar-refractivity contribution is -0.141. The summed E-state index contributed by atoms with van der Waals surface area (Å²) in [4.78, 5) is 41.2. The molecular formula is C29H25ClN4O4. The second-order valence-corrected chi connectivity index (χ2v) is 9.44. The van der Waals surface area contributed by atoms with Crippen LogP contribution < -0.4 is 10.6 Å². The van der Waals surface area contributed by atoms with Gasteiger partial charge in [-0.1, -0.05) is 54.6 Å². The molecule has 4 rings (SSSR count). The number of benzene rings is 3. The number of carboxylic acid groups (broad SMARTS) is 1. The highest BCUT2D eigenvalue weighted by molar-refractivity contribution is 6.30. The molecule has 0 saturated heterocycles. The van der Waals surface area contributed by atoms with Crippen LogP contribution in [0.15, 0.2) is 66.7 Å². The molecule has 3 aromatic rings. The number of carbonyl (C=O) groups is 3. The van der Waals surface area contributed by atoms with E-state index in [1.54, 1.807) is 54.6 Å². The van der Waals surface area contributed by atoms with Gasteiger partial charge in [0.05, 0.1) is 23.7 Å². The third-order valence-corrected chi connectivity index (χ3v) is 6.40. The second-order valence-electron chi connectivity index (χ2n) is 9.00. The third kappa shape index (κ3) is 6.02. The van der Waals surface area contributed by atoms with Crippen LogP contribution in [0, 0.1) is 23.2 Å². The van der Waals surface area contributed by atoms with Crippen molar-refractivity contribution < 1.29 is 19.5 Å². The monoisotopic (exact) mass is 528 g/mol. The molecule has 0 spiro atoms. The highest BCUT2D eigenvalue weighted by Gasteiger charge is 2.33. The van der Waals surface area contributed by atoms with Crippen molar-refractivity contribution in [3.8, 4) is 11.8 Å². The summed E-state index contributed by atoms with van der Waals surface area (Å²) in [6.45, 7) is 1.36. The van der Waals surface area contributed by atoms with Crippen molar-refractivity contribution in [2.45, 2.75) is 13.5 Å². The Labute approximate surface area is 225 Å². The van der Waals surface area contributed by atoms with Crippen molar-refractivity contribution >= 4 is 40.9 Å². The highest BCUT2D eigenvalue weighted by atomic mass is 35.5. The molecule has 0 aliphatic carbocycles. The molecule has 0 bridgehead atoms. The summed E-state index contributed by atoms with van der Waals surface area (Å²) in [7, 11) is 0. The molecule has 4 N–H and O–H groups in total. The van der Waals surface area contributed by atoms with Gasteiger partial charge < -0.3 is 20.6 Å². The number of nitrogens with two attached hydrogens (primary N) is 1. The molecule has 3 aromatic carbocycles. The second kappa shape index (κ2) is 11.2. The van der Waals surface area contributed by atoms with Crippen LogP contribution in [0.25, 0.3) is 0 Å². The number of hydrogen-bond donors (Lipinski definition) is 3. The summed E-state index contributed by atoms with van der Waals surface area (Å²) in [5.74, 6) is 3.37. The van der Waals surface area contributed by atoms with Gasteiger partial charge in [0, 0.05) is 28.3 Å². The number of nitrogen functional groups attached to an aromatic ring is 1. The van der Waals surface area contributed by atoms with E-state index < -0.39 is 17.8 Å². The molecule has 0 fully saturated rings. The fraction of sp³-hybridized carbons (Fsp3) is 0.172. The minimum atomic E-state index is -1.05. The molecular weight excluding hydrogens is 504 g/mol. The molecule has 1 aliphatic rings. The zero-order valence-corrected chi connectivity index (χ0v) is 21.3. The number of rotatable bonds is 6. The van der Waals surface area contributed by atoms with Gasteiger partial charge in [-0.25, -0.2) is 0 Å². The number of fused-ring (bicyclic) bond motifs is 1. The van der Waals surface area contributed by atoms with Crippen molar-refractivity contribution in [2.24, 2.45) is 11.7 Å². The normalized spacial score (nSPS) is 13.7. The van der Waals surface area contributed by atoms with Crippen LogP contribution >= 0.6 is 11.6 Å². The number of amides is 2. The van der Waals surface area contributed by atoms with Gasteiger partial charge in [0.25, 0.3) is 5.91 Å². The van der Waals surface area contributed by atoms with Gasteiger partial charge in [-0.3, -0.25) is 19.8 Å². The number of carbonyl (C=O) groups excluding carboxylic acids is 2. The molecule has 1 heterocycles. The first-order valence-corrected chi connectivity index (χ1v) is 12.2. The van der Waals surface area contributed by atoms with Crippen LogP contribution in [0.3, 0.4) is 0 Å². The maximum atomic E-state index is 13.6. The van der Waals surface area contributed by atoms with E-state index in [1.165, 1.54) is 16.7 Å². The first kappa shape index (κ1) is 26.5. The predicted molar refractivity (Wildman–Crippen MR) is 145 cm³/mol. The molecule has 1 unspecified atom stereocenters. The topological polar surface area (TPSA) is 128 Å². The highest BCUT2D eigenvalue weighted by Crippen LogP contribution is 2.29. The largest absolute Gasteiger partial charge is 0.481 e. The number of halogens is 1. The summed E-state index contributed by atoms with van der Waals surface area (Å²) in [6.07, 6.45) is 0. The molecule has 0 saturated carbocycles. The fourth-order valence-corrected chi connectivity index (χ4v) is 4.15. The number of anilines is 1. The van der Waals surface area contributed by atoms with Crippen molar-refractivity contribution in [3.05, 3.63) is 99.6 Å². The van der Waals surface area contributed by atoms with E-state index in [-0.39, 0.29) is 36.9 Å². The molecule has 38 heavy (non-hydrogen) atoms. The lowest BCUT2D eigenvalue weighted by atomic mass is 10.0. The summed E-state index contributed by atoms with van der Waals surface area (Å²) in [6, 6.07) is 19.0. The Morgan fingerprint density at radius 2 is 1.68 bits per heavy atom. The van der Waals surface area contributed by atoms with Crippen LogP contribution in [0.2, 0.25) is 5.02 Å². The Kier molecular flexibility index (Phi) is 7.79. The Hall–Kier alpha value is -4.61. The molecule has 8 nitrogen and oxygen atoms in total. The lowest BCUT2D eigenvalue weighted by Gasteiger charge is -2.23. The van der Waals surface area contributed by atoms with Gasteiger partial charge in [-0.15, -0.1) is 0 Å². The van der Waals surface area contributed by atoms with Crippen LogP contribution in [0.4, 0.5) is 5.69 Å². The van der Waals surface area contributed by atoms with Gasteiger partial charge >= 0.3 is 5.97 Å². The Morgan fingerprint density at radius 3 is 2.32 bits per heavy atom. The van der Waals surface area contributed by atoms with Crippen LogP contribution in [-0.4, -0.2) is 46.7 Å². The average molecular weight is 529 g/mol. The standard InChI is InChI=1S/C29H25ClN4O4/c1-18(29(37)38)15-33-17-26(35)34(16-21-6-11-23(30)12-7-21)25-13-8-20(14-24(25)28(33)36)3-2-19-4-9-22(10-5-19)27(31)32/h4-14,18H,15-17H2,1H3,(H3,31,32)(H,37,38). The smallest absolute Gasteiger partial charge is 0.308 e. The van der Waals surface area contributed by atoms with Crippen LogP contribution in [0.5, 0.6) is 0 Å². The van der Waals surface area contributed by atoms with Gasteiger partial charge in [0.15, 0.2) is 0 Å². The number of hydrogen-bond acceptors (Lipinski definition) is 4. The van der Waals surface area contributed by atoms with E-state index in [0.717, 1.165) is 5.56 Å². The number of nitrogens with one attached hydrogen (secondary N) is 1. The molecule has 192 valence electrons. The van der Waals surface area contributed by atoms with E-state index >= 15 is 0 Å². The zero-order chi connectivity index (χ0) is 27.4. The van der Waals surface area contributed by atoms with Crippen molar-refractivity contribution in [1.82, 2.24) is 4.90 Å². The zero-order valence-electron chi connectivity index (χ0n) is 20.6. The molecule has 1 atom stereocenters. The molecule has 1 aliphatic heterocycles. The summed E-state index contributed by atoms with van der Waals surface area (Å²) < 4.78 is 0. The Bertz CT molecular complexity index is 1470. The number of aliphatic carboxylic acids is 1. The van der Waals surface area contributed by atoms with Crippen molar-refractivity contribution in [3.63, 3.8) is 0 Å². The van der Waals surface area contributed by atoms with Gasteiger partial charge in [0.2, 0.25) is 5.91 Å². The fourth-order valence-electron chi connectivity index (χ4n) is 4.02. The van der Waals surface area contributed by atoms with E-state index in [0.29, 0.717) is 27.4 Å². The third-order valence-electron chi connectivity index (χ3n) is 6.15. The van der Waals surface area contributed by atoms with Crippen molar-refractivity contribution in [2.75, 3.05) is 18.0 Å². The average Bonchev–Trinajstić information content (AvgIpc) is 2.99.